The molecule has 0 aromatic heterocycles. The first-order valence-corrected chi connectivity index (χ1v) is 7.14. The van der Waals surface area contributed by atoms with E-state index in [1.165, 1.54) is 25.7 Å². The Hall–Kier alpha value is -0.370. The Bertz CT molecular complexity index is 289. The predicted molar refractivity (Wildman–Crippen MR) is 73.2 cm³/mol. The molecule has 1 heterocycles. The molecule has 1 saturated carbocycles. The van der Waals surface area contributed by atoms with Gasteiger partial charge >= 0.3 is 0 Å². The van der Waals surface area contributed by atoms with Crippen molar-refractivity contribution < 1.29 is 4.79 Å². The Kier molecular flexibility index (Phi) is 4.40. The van der Waals surface area contributed by atoms with E-state index in [1.54, 1.807) is 6.92 Å². The molecule has 100 valence electrons. The zero-order valence-corrected chi connectivity index (χ0v) is 12.5. The van der Waals surface area contributed by atoms with Crippen LogP contribution in [0.5, 0.6) is 0 Å². The molecule has 2 nitrogen and oxygen atoms in total. The van der Waals surface area contributed by atoms with Crippen molar-refractivity contribution in [3.05, 3.63) is 0 Å². The van der Waals surface area contributed by atoms with Crippen LogP contribution >= 0.6 is 0 Å². The van der Waals surface area contributed by atoms with Crippen LogP contribution in [0.4, 0.5) is 0 Å². The number of carbonyl (C=O) groups is 1. The van der Waals surface area contributed by atoms with Crippen LogP contribution < -0.4 is 0 Å². The number of hydrogen-bond donors (Lipinski definition) is 0. The number of carbonyl (C=O) groups excluding carboxylic acids is 1. The molecule has 1 saturated heterocycles. The first kappa shape index (κ1) is 14.7. The minimum absolute atomic E-state index is 0.165. The highest BCUT2D eigenvalue weighted by Crippen LogP contribution is 2.55. The molecule has 2 fully saturated rings. The molecule has 0 aromatic rings. The topological polar surface area (TPSA) is 20.3 Å². The SMILES string of the molecule is CC.CC(=O)[C@H]1C[C@@]2(C)CCCC[C@@]2(C)N1C. The summed E-state index contributed by atoms with van der Waals surface area (Å²) in [6, 6.07) is 0.165. The van der Waals surface area contributed by atoms with E-state index in [1.807, 2.05) is 13.8 Å². The number of fused-ring (bicyclic) bond motifs is 1. The molecule has 2 heteroatoms. The lowest BCUT2D eigenvalue weighted by Gasteiger charge is -2.48. The Morgan fingerprint density at radius 2 is 1.71 bits per heavy atom. The molecule has 2 aliphatic rings. The van der Waals surface area contributed by atoms with Gasteiger partial charge in [0.05, 0.1) is 6.04 Å². The summed E-state index contributed by atoms with van der Waals surface area (Å²) in [5.41, 5.74) is 0.609. The van der Waals surface area contributed by atoms with E-state index >= 15 is 0 Å². The van der Waals surface area contributed by atoms with Crippen molar-refractivity contribution in [3.8, 4) is 0 Å². The van der Waals surface area contributed by atoms with Gasteiger partial charge in [-0.3, -0.25) is 9.69 Å². The van der Waals surface area contributed by atoms with Crippen molar-refractivity contribution in [3.63, 3.8) is 0 Å². The second-order valence-corrected chi connectivity index (χ2v) is 5.98. The van der Waals surface area contributed by atoms with Crippen molar-refractivity contribution in [2.45, 2.75) is 78.3 Å². The van der Waals surface area contributed by atoms with Gasteiger partial charge in [-0.2, -0.15) is 0 Å². The highest BCUT2D eigenvalue weighted by molar-refractivity contribution is 5.82. The number of nitrogens with zero attached hydrogens (tertiary/aromatic N) is 1. The summed E-state index contributed by atoms with van der Waals surface area (Å²) in [5, 5.41) is 0. The van der Waals surface area contributed by atoms with Crippen LogP contribution in [-0.4, -0.2) is 29.3 Å². The quantitative estimate of drug-likeness (QED) is 0.696. The van der Waals surface area contributed by atoms with E-state index in [9.17, 15) is 4.79 Å². The Morgan fingerprint density at radius 1 is 1.18 bits per heavy atom. The third-order valence-electron chi connectivity index (χ3n) is 5.30. The fourth-order valence-corrected chi connectivity index (χ4v) is 3.80. The molecular formula is C15H29NO. The van der Waals surface area contributed by atoms with Crippen LogP contribution in [0.1, 0.15) is 66.7 Å². The van der Waals surface area contributed by atoms with Crippen LogP contribution in [0.2, 0.25) is 0 Å². The Balaban J connectivity index is 0.000000686. The molecule has 0 unspecified atom stereocenters. The minimum atomic E-state index is 0.165. The fraction of sp³-hybridized carbons (Fsp3) is 0.933. The van der Waals surface area contributed by atoms with E-state index in [-0.39, 0.29) is 11.6 Å². The average Bonchev–Trinajstić information content (AvgIpc) is 2.52. The van der Waals surface area contributed by atoms with Crippen LogP contribution in [0, 0.1) is 5.41 Å². The number of likely N-dealkylation sites (N-methyl/N-ethyl adjacent to an activating group) is 1. The highest BCUT2D eigenvalue weighted by atomic mass is 16.1. The second-order valence-electron chi connectivity index (χ2n) is 5.98. The second kappa shape index (κ2) is 5.09. The maximum atomic E-state index is 11.6. The maximum Gasteiger partial charge on any atom is 0.146 e. The summed E-state index contributed by atoms with van der Waals surface area (Å²) < 4.78 is 0. The predicted octanol–water partition coefficient (Wildman–Crippen LogP) is 3.64. The number of hydrogen-bond acceptors (Lipinski definition) is 2. The third-order valence-corrected chi connectivity index (χ3v) is 5.30. The molecule has 2 rings (SSSR count). The van der Waals surface area contributed by atoms with Gasteiger partial charge in [-0.25, -0.2) is 0 Å². The third kappa shape index (κ3) is 2.16. The minimum Gasteiger partial charge on any atom is -0.298 e. The molecule has 0 radical (unpaired) electrons. The largest absolute Gasteiger partial charge is 0.298 e. The summed E-state index contributed by atoms with van der Waals surface area (Å²) in [4.78, 5) is 14.0. The van der Waals surface area contributed by atoms with E-state index in [2.05, 4.69) is 25.8 Å². The van der Waals surface area contributed by atoms with Gasteiger partial charge in [-0.15, -0.1) is 0 Å². The van der Waals surface area contributed by atoms with Crippen LogP contribution in [0.3, 0.4) is 0 Å². The van der Waals surface area contributed by atoms with Gasteiger partial charge < -0.3 is 0 Å². The Morgan fingerprint density at radius 3 is 2.18 bits per heavy atom. The van der Waals surface area contributed by atoms with Gasteiger partial charge in [-0.1, -0.05) is 33.6 Å². The monoisotopic (exact) mass is 239 g/mol. The van der Waals surface area contributed by atoms with Crippen molar-refractivity contribution in [1.82, 2.24) is 4.90 Å². The fourth-order valence-electron chi connectivity index (χ4n) is 3.80. The van der Waals surface area contributed by atoms with Crippen LogP contribution in [0.25, 0.3) is 0 Å². The molecule has 0 bridgehead atoms. The number of Topliss-reactive ketones (excluding diaryl/α,β-unsaturated/α-hetero) is 1. The molecule has 0 amide bonds. The molecule has 0 spiro atoms. The lowest BCUT2D eigenvalue weighted by atomic mass is 9.63. The van der Waals surface area contributed by atoms with Crippen molar-refractivity contribution in [2.75, 3.05) is 7.05 Å². The van der Waals surface area contributed by atoms with Crippen molar-refractivity contribution in [2.24, 2.45) is 5.41 Å². The van der Waals surface area contributed by atoms with Gasteiger partial charge in [0.1, 0.15) is 5.78 Å². The molecule has 1 aliphatic carbocycles. The van der Waals surface area contributed by atoms with Crippen LogP contribution in [-0.2, 0) is 4.79 Å². The summed E-state index contributed by atoms with van der Waals surface area (Å²) in [5.74, 6) is 0.342. The summed E-state index contributed by atoms with van der Waals surface area (Å²) >= 11 is 0. The molecule has 0 aromatic carbocycles. The van der Waals surface area contributed by atoms with Gasteiger partial charge in [0.15, 0.2) is 0 Å². The van der Waals surface area contributed by atoms with E-state index in [4.69, 9.17) is 0 Å². The molecule has 1 aliphatic heterocycles. The summed E-state index contributed by atoms with van der Waals surface area (Å²) in [6.45, 7) is 10.5. The highest BCUT2D eigenvalue weighted by Gasteiger charge is 2.57. The number of likely N-dealkylation sites (tertiary alicyclic amines) is 1. The number of rotatable bonds is 1. The normalized spacial score (nSPS) is 41.4. The van der Waals surface area contributed by atoms with E-state index in [0.29, 0.717) is 11.2 Å². The van der Waals surface area contributed by atoms with Crippen molar-refractivity contribution >= 4 is 5.78 Å². The molecular weight excluding hydrogens is 210 g/mol. The first-order valence-electron chi connectivity index (χ1n) is 7.14. The lowest BCUT2D eigenvalue weighted by Crippen LogP contribution is -2.52. The van der Waals surface area contributed by atoms with Gasteiger partial charge in [0, 0.05) is 5.54 Å². The van der Waals surface area contributed by atoms with Gasteiger partial charge in [-0.05, 0) is 45.6 Å². The summed E-state index contributed by atoms with van der Waals surface area (Å²) in [7, 11) is 2.14. The smallest absolute Gasteiger partial charge is 0.146 e. The average molecular weight is 239 g/mol. The van der Waals surface area contributed by atoms with E-state index in [0.717, 1.165) is 6.42 Å². The maximum absolute atomic E-state index is 11.6. The molecule has 0 N–H and O–H groups in total. The van der Waals surface area contributed by atoms with Crippen LogP contribution in [0.15, 0.2) is 0 Å². The van der Waals surface area contributed by atoms with Gasteiger partial charge in [0.25, 0.3) is 0 Å². The number of ketones is 1. The zero-order chi connectivity index (χ0) is 13.3. The van der Waals surface area contributed by atoms with Gasteiger partial charge in [0.2, 0.25) is 0 Å². The van der Waals surface area contributed by atoms with Crippen molar-refractivity contribution in [1.29, 1.82) is 0 Å². The van der Waals surface area contributed by atoms with E-state index < -0.39 is 0 Å². The lowest BCUT2D eigenvalue weighted by molar-refractivity contribution is -0.121. The zero-order valence-electron chi connectivity index (χ0n) is 12.5. The Labute approximate surface area is 107 Å². The summed E-state index contributed by atoms with van der Waals surface area (Å²) in [6.07, 6.45) is 6.27. The first-order chi connectivity index (χ1) is 7.91. The molecule has 3 atom stereocenters. The standard InChI is InChI=1S/C13H23NO.C2H6/c1-10(15)11-9-12(2)7-5-6-8-13(12,3)14(11)4;1-2/h11H,5-9H2,1-4H3;1-2H3/t11-,12-,13-;/m1./s1. The molecule has 17 heavy (non-hydrogen) atoms.